The molecule has 1 heterocycles. The van der Waals surface area contributed by atoms with E-state index in [1.807, 2.05) is 0 Å². The molecule has 1 aliphatic rings. The van der Waals surface area contributed by atoms with Crippen molar-refractivity contribution in [2.24, 2.45) is 5.73 Å². The zero-order valence-corrected chi connectivity index (χ0v) is 8.44. The summed E-state index contributed by atoms with van der Waals surface area (Å²) < 4.78 is 25.3. The van der Waals surface area contributed by atoms with Crippen LogP contribution in [0.1, 0.15) is 35.2 Å². The number of hydrogen-bond donors (Lipinski definition) is 1. The number of aromatic nitrogens is 1. The molecule has 0 radical (unpaired) electrons. The van der Waals surface area contributed by atoms with E-state index in [4.69, 9.17) is 5.73 Å². The Hall–Kier alpha value is -0.550. The molecule has 1 saturated carbocycles. The molecule has 2 nitrogen and oxygen atoms in total. The summed E-state index contributed by atoms with van der Waals surface area (Å²) >= 11 is 1.31. The van der Waals surface area contributed by atoms with Crippen molar-refractivity contribution in [1.82, 2.24) is 4.98 Å². The van der Waals surface area contributed by atoms with Gasteiger partial charge < -0.3 is 5.73 Å². The Bertz CT molecular complexity index is 310. The lowest BCUT2D eigenvalue weighted by atomic mass is 10.1. The van der Waals surface area contributed by atoms with Crippen LogP contribution in [0.3, 0.4) is 0 Å². The SMILES string of the molecule is NCC(c1scnc1C1CC1)C(F)F. The zero-order valence-electron chi connectivity index (χ0n) is 7.62. The number of nitrogens with zero attached hydrogens (tertiary/aromatic N) is 1. The summed E-state index contributed by atoms with van der Waals surface area (Å²) in [4.78, 5) is 4.86. The normalized spacial score (nSPS) is 18.9. The second kappa shape index (κ2) is 3.90. The van der Waals surface area contributed by atoms with Gasteiger partial charge in [0.15, 0.2) is 0 Å². The lowest BCUT2D eigenvalue weighted by molar-refractivity contribution is 0.118. The molecule has 78 valence electrons. The molecule has 0 spiro atoms. The van der Waals surface area contributed by atoms with Crippen molar-refractivity contribution >= 4 is 11.3 Å². The molecule has 1 unspecified atom stereocenters. The molecule has 14 heavy (non-hydrogen) atoms. The van der Waals surface area contributed by atoms with Crippen LogP contribution >= 0.6 is 11.3 Å². The van der Waals surface area contributed by atoms with Gasteiger partial charge in [0.1, 0.15) is 0 Å². The molecule has 0 amide bonds. The topological polar surface area (TPSA) is 38.9 Å². The van der Waals surface area contributed by atoms with Gasteiger partial charge in [0.2, 0.25) is 6.43 Å². The Morgan fingerprint density at radius 1 is 1.57 bits per heavy atom. The summed E-state index contributed by atoms with van der Waals surface area (Å²) in [6.07, 6.45) is -0.216. The molecular formula is C9H12F2N2S. The lowest BCUT2D eigenvalue weighted by Crippen LogP contribution is -2.19. The maximum absolute atomic E-state index is 12.6. The van der Waals surface area contributed by atoms with Gasteiger partial charge in [0.25, 0.3) is 0 Å². The first-order valence-electron chi connectivity index (χ1n) is 4.65. The smallest absolute Gasteiger partial charge is 0.247 e. The minimum atomic E-state index is -2.38. The second-order valence-corrected chi connectivity index (χ2v) is 4.44. The number of thiazole rings is 1. The van der Waals surface area contributed by atoms with Crippen LogP contribution in [0.4, 0.5) is 8.78 Å². The fraction of sp³-hybridized carbons (Fsp3) is 0.667. The maximum atomic E-state index is 12.6. The Kier molecular flexibility index (Phi) is 2.78. The molecule has 2 N–H and O–H groups in total. The van der Waals surface area contributed by atoms with Crippen molar-refractivity contribution in [2.75, 3.05) is 6.54 Å². The zero-order chi connectivity index (χ0) is 10.1. The van der Waals surface area contributed by atoms with Gasteiger partial charge in [-0.25, -0.2) is 13.8 Å². The van der Waals surface area contributed by atoms with Crippen molar-refractivity contribution in [3.05, 3.63) is 16.1 Å². The molecule has 0 aliphatic heterocycles. The summed E-state index contributed by atoms with van der Waals surface area (Å²) in [5.74, 6) is -0.401. The van der Waals surface area contributed by atoms with Gasteiger partial charge in [-0.2, -0.15) is 0 Å². The van der Waals surface area contributed by atoms with E-state index < -0.39 is 12.3 Å². The quantitative estimate of drug-likeness (QED) is 0.842. The lowest BCUT2D eigenvalue weighted by Gasteiger charge is -2.12. The van der Waals surface area contributed by atoms with Crippen LogP contribution in [0.5, 0.6) is 0 Å². The molecule has 1 atom stereocenters. The Labute approximate surface area is 85.1 Å². The van der Waals surface area contributed by atoms with Gasteiger partial charge in [-0.3, -0.25) is 0 Å². The highest BCUT2D eigenvalue weighted by Gasteiger charge is 2.33. The van der Waals surface area contributed by atoms with E-state index in [9.17, 15) is 8.78 Å². The third-order valence-electron chi connectivity index (χ3n) is 2.48. The second-order valence-electron chi connectivity index (χ2n) is 3.55. The van der Waals surface area contributed by atoms with Crippen molar-refractivity contribution in [1.29, 1.82) is 0 Å². The van der Waals surface area contributed by atoms with Gasteiger partial charge in [0.05, 0.1) is 17.1 Å². The summed E-state index contributed by atoms with van der Waals surface area (Å²) in [6, 6.07) is 0. The molecule has 1 aliphatic carbocycles. The van der Waals surface area contributed by atoms with Gasteiger partial charge >= 0.3 is 0 Å². The van der Waals surface area contributed by atoms with Gasteiger partial charge in [-0.1, -0.05) is 0 Å². The highest BCUT2D eigenvalue weighted by molar-refractivity contribution is 7.09. The van der Waals surface area contributed by atoms with E-state index in [1.54, 1.807) is 5.51 Å². The molecular weight excluding hydrogens is 206 g/mol. The minimum Gasteiger partial charge on any atom is -0.330 e. The van der Waals surface area contributed by atoms with Crippen LogP contribution in [0.15, 0.2) is 5.51 Å². The third-order valence-corrected chi connectivity index (χ3v) is 3.46. The highest BCUT2D eigenvalue weighted by Crippen LogP contribution is 2.44. The predicted octanol–water partition coefficient (Wildman–Crippen LogP) is 2.33. The van der Waals surface area contributed by atoms with E-state index in [0.29, 0.717) is 10.8 Å². The van der Waals surface area contributed by atoms with Gasteiger partial charge in [-0.05, 0) is 12.8 Å². The highest BCUT2D eigenvalue weighted by atomic mass is 32.1. The monoisotopic (exact) mass is 218 g/mol. The molecule has 0 aromatic carbocycles. The average Bonchev–Trinajstić information content (AvgIpc) is 2.88. The third kappa shape index (κ3) is 1.79. The van der Waals surface area contributed by atoms with Crippen LogP contribution < -0.4 is 5.73 Å². The van der Waals surface area contributed by atoms with E-state index in [0.717, 1.165) is 18.5 Å². The van der Waals surface area contributed by atoms with Crippen LogP contribution in [0.2, 0.25) is 0 Å². The van der Waals surface area contributed by atoms with Gasteiger partial charge in [0, 0.05) is 17.3 Å². The van der Waals surface area contributed by atoms with Gasteiger partial charge in [-0.15, -0.1) is 11.3 Å². The molecule has 1 aromatic rings. The molecule has 1 fully saturated rings. The minimum absolute atomic E-state index is 0.000417. The van der Waals surface area contributed by atoms with Crippen LogP contribution in [-0.2, 0) is 0 Å². The molecule has 0 saturated heterocycles. The Balaban J connectivity index is 2.24. The van der Waals surface area contributed by atoms with Crippen LogP contribution in [0.25, 0.3) is 0 Å². The summed E-state index contributed by atoms with van der Waals surface area (Å²) in [5, 5.41) is 0. The average molecular weight is 218 g/mol. The van der Waals surface area contributed by atoms with Crippen molar-refractivity contribution in [3.8, 4) is 0 Å². The molecule has 0 bridgehead atoms. The Morgan fingerprint density at radius 3 is 2.79 bits per heavy atom. The fourth-order valence-electron chi connectivity index (χ4n) is 1.53. The molecule has 1 aromatic heterocycles. The van der Waals surface area contributed by atoms with E-state index in [2.05, 4.69) is 4.98 Å². The van der Waals surface area contributed by atoms with Crippen molar-refractivity contribution < 1.29 is 8.78 Å². The first kappa shape index (κ1) is 9.98. The fourth-order valence-corrected chi connectivity index (χ4v) is 2.52. The molecule has 2 rings (SSSR count). The number of nitrogens with two attached hydrogens (primary N) is 1. The number of alkyl halides is 2. The van der Waals surface area contributed by atoms with E-state index in [1.165, 1.54) is 11.3 Å². The van der Waals surface area contributed by atoms with Crippen molar-refractivity contribution in [3.63, 3.8) is 0 Å². The van der Waals surface area contributed by atoms with E-state index in [-0.39, 0.29) is 6.54 Å². The first-order valence-corrected chi connectivity index (χ1v) is 5.53. The molecule has 5 heteroatoms. The summed E-state index contributed by atoms with van der Waals surface area (Å²) in [5.41, 5.74) is 7.87. The maximum Gasteiger partial charge on any atom is 0.247 e. The largest absolute Gasteiger partial charge is 0.330 e. The predicted molar refractivity (Wildman–Crippen MR) is 51.9 cm³/mol. The van der Waals surface area contributed by atoms with E-state index >= 15 is 0 Å². The standard InChI is InChI=1S/C9H12F2N2S/c10-9(11)6(3-12)8-7(5-1-2-5)13-4-14-8/h4-6,9H,1-3,12H2. The summed E-state index contributed by atoms with van der Waals surface area (Å²) in [7, 11) is 0. The first-order chi connectivity index (χ1) is 6.74. The number of hydrogen-bond acceptors (Lipinski definition) is 3. The number of halogens is 2. The van der Waals surface area contributed by atoms with Crippen molar-refractivity contribution in [2.45, 2.75) is 31.1 Å². The van der Waals surface area contributed by atoms with Crippen LogP contribution in [0, 0.1) is 0 Å². The van der Waals surface area contributed by atoms with Crippen LogP contribution in [-0.4, -0.2) is 18.0 Å². The summed E-state index contributed by atoms with van der Waals surface area (Å²) in [6.45, 7) is -0.000417. The number of rotatable bonds is 4. The Morgan fingerprint density at radius 2 is 2.29 bits per heavy atom.